The molecule has 0 aliphatic rings. The average Bonchev–Trinajstić information content (AvgIpc) is 2.51. The third-order valence-electron chi connectivity index (χ3n) is 3.39. The average molecular weight is 311 g/mol. The summed E-state index contributed by atoms with van der Waals surface area (Å²) in [5.74, 6) is -0.0433. The van der Waals surface area contributed by atoms with Crippen LogP contribution in [0.1, 0.15) is 41.0 Å². The van der Waals surface area contributed by atoms with Crippen molar-refractivity contribution in [2.75, 3.05) is 0 Å². The first-order valence-corrected chi connectivity index (χ1v) is 7.74. The quantitative estimate of drug-likeness (QED) is 0.585. The van der Waals surface area contributed by atoms with Crippen LogP contribution < -0.4 is 5.32 Å². The van der Waals surface area contributed by atoms with Gasteiger partial charge < -0.3 is 5.32 Å². The highest BCUT2D eigenvalue weighted by Crippen LogP contribution is 2.10. The Morgan fingerprint density at radius 2 is 1.61 bits per heavy atom. The van der Waals surface area contributed by atoms with Crippen LogP contribution in [0.25, 0.3) is 0 Å². The molecule has 0 aliphatic carbocycles. The predicted molar refractivity (Wildman–Crippen MR) is 102 cm³/mol. The fourth-order valence-electron chi connectivity index (χ4n) is 1.70. The zero-order chi connectivity index (χ0) is 17.8. The smallest absolute Gasteiger partial charge is 0.228 e. The maximum absolute atomic E-state index is 12.1. The van der Waals surface area contributed by atoms with Gasteiger partial charge in [0, 0.05) is 12.1 Å². The van der Waals surface area contributed by atoms with Gasteiger partial charge in [-0.3, -0.25) is 4.79 Å². The Labute approximate surface area is 141 Å². The summed E-state index contributed by atoms with van der Waals surface area (Å²) >= 11 is 0. The molecule has 1 amide bonds. The van der Waals surface area contributed by atoms with Crippen LogP contribution in [0.4, 0.5) is 0 Å². The minimum Gasteiger partial charge on any atom is -0.326 e. The molecule has 0 heterocycles. The van der Waals surface area contributed by atoms with Crippen molar-refractivity contribution < 1.29 is 4.79 Å². The Hall–Kier alpha value is -2.35. The van der Waals surface area contributed by atoms with Crippen molar-refractivity contribution in [2.45, 2.75) is 41.0 Å². The number of nitrogens with one attached hydrogen (secondary N) is 1. The molecule has 0 spiro atoms. The van der Waals surface area contributed by atoms with Crippen molar-refractivity contribution in [3.8, 4) is 0 Å². The van der Waals surface area contributed by atoms with Gasteiger partial charge in [-0.2, -0.15) is 0 Å². The van der Waals surface area contributed by atoms with E-state index in [1.807, 2.05) is 65.0 Å². The van der Waals surface area contributed by atoms with Crippen LogP contribution in [0.5, 0.6) is 0 Å². The molecular formula is C21H29NO. The Balaban J connectivity index is 4.84. The highest BCUT2D eigenvalue weighted by Gasteiger charge is 2.03. The lowest BCUT2D eigenvalue weighted by Gasteiger charge is -2.06. The number of hydrogen-bond acceptors (Lipinski definition) is 1. The molecule has 0 aromatic heterocycles. The van der Waals surface area contributed by atoms with Crippen molar-refractivity contribution in [1.29, 1.82) is 0 Å². The van der Waals surface area contributed by atoms with Gasteiger partial charge in [-0.15, -0.1) is 0 Å². The molecule has 2 heteroatoms. The van der Waals surface area contributed by atoms with E-state index in [-0.39, 0.29) is 5.91 Å². The summed E-state index contributed by atoms with van der Waals surface area (Å²) in [6.45, 7) is 17.4. The van der Waals surface area contributed by atoms with E-state index in [0.717, 1.165) is 28.0 Å². The van der Waals surface area contributed by atoms with Crippen LogP contribution >= 0.6 is 0 Å². The topological polar surface area (TPSA) is 29.1 Å². The highest BCUT2D eigenvalue weighted by molar-refractivity contribution is 5.80. The Kier molecular flexibility index (Phi) is 10.1. The number of carbonyl (C=O) groups excluding carboxylic acids is 1. The van der Waals surface area contributed by atoms with E-state index in [1.165, 1.54) is 0 Å². The van der Waals surface area contributed by atoms with Crippen LogP contribution in [0.15, 0.2) is 83.7 Å². The Morgan fingerprint density at radius 3 is 2.13 bits per heavy atom. The summed E-state index contributed by atoms with van der Waals surface area (Å²) in [5.41, 5.74) is 5.11. The van der Waals surface area contributed by atoms with Gasteiger partial charge in [0.25, 0.3) is 0 Å². The molecule has 2 nitrogen and oxygen atoms in total. The molecule has 0 aliphatic heterocycles. The van der Waals surface area contributed by atoms with Crippen LogP contribution in [-0.2, 0) is 4.79 Å². The summed E-state index contributed by atoms with van der Waals surface area (Å²) in [7, 11) is 0. The molecule has 23 heavy (non-hydrogen) atoms. The van der Waals surface area contributed by atoms with Gasteiger partial charge in [-0.05, 0) is 57.9 Å². The Morgan fingerprint density at radius 1 is 1.00 bits per heavy atom. The summed E-state index contributed by atoms with van der Waals surface area (Å²) in [4.78, 5) is 12.1. The first kappa shape index (κ1) is 20.7. The fraction of sp³-hybridized carbons (Fsp3) is 0.286. The Bertz CT molecular complexity index is 595. The molecule has 0 rings (SSSR count). The summed E-state index contributed by atoms with van der Waals surface area (Å²) in [6.07, 6.45) is 13.6. The molecule has 124 valence electrons. The maximum Gasteiger partial charge on any atom is 0.228 e. The second-order valence-corrected chi connectivity index (χ2v) is 5.51. The lowest BCUT2D eigenvalue weighted by molar-refractivity contribution is -0.119. The van der Waals surface area contributed by atoms with Crippen LogP contribution in [0.2, 0.25) is 0 Å². The van der Waals surface area contributed by atoms with Gasteiger partial charge >= 0.3 is 0 Å². The molecule has 0 saturated carbocycles. The van der Waals surface area contributed by atoms with E-state index in [9.17, 15) is 4.79 Å². The van der Waals surface area contributed by atoms with Crippen LogP contribution in [0.3, 0.4) is 0 Å². The third-order valence-corrected chi connectivity index (χ3v) is 3.39. The molecule has 1 N–H and O–H groups in total. The fourth-order valence-corrected chi connectivity index (χ4v) is 1.70. The van der Waals surface area contributed by atoms with Crippen molar-refractivity contribution in [1.82, 2.24) is 5.32 Å². The predicted octanol–water partition coefficient (Wildman–Crippen LogP) is 5.55. The molecule has 0 aromatic carbocycles. The van der Waals surface area contributed by atoms with E-state index < -0.39 is 0 Å². The van der Waals surface area contributed by atoms with E-state index in [2.05, 4.69) is 18.5 Å². The van der Waals surface area contributed by atoms with Gasteiger partial charge in [-0.1, -0.05) is 54.7 Å². The van der Waals surface area contributed by atoms with Gasteiger partial charge in [0.15, 0.2) is 0 Å². The van der Waals surface area contributed by atoms with E-state index in [1.54, 1.807) is 12.2 Å². The molecular weight excluding hydrogens is 282 g/mol. The highest BCUT2D eigenvalue weighted by atomic mass is 16.1. The van der Waals surface area contributed by atoms with E-state index in [0.29, 0.717) is 6.42 Å². The number of hydrogen-bond donors (Lipinski definition) is 1. The van der Waals surface area contributed by atoms with Crippen molar-refractivity contribution in [3.63, 3.8) is 0 Å². The molecule has 0 saturated heterocycles. The van der Waals surface area contributed by atoms with E-state index in [4.69, 9.17) is 0 Å². The minimum absolute atomic E-state index is 0.0433. The molecule has 0 fully saturated rings. The summed E-state index contributed by atoms with van der Waals surface area (Å²) in [6, 6.07) is 0. The monoisotopic (exact) mass is 311 g/mol. The lowest BCUT2D eigenvalue weighted by atomic mass is 10.1. The van der Waals surface area contributed by atoms with Gasteiger partial charge in [0.1, 0.15) is 0 Å². The van der Waals surface area contributed by atoms with E-state index >= 15 is 0 Å². The number of amides is 1. The zero-order valence-electron chi connectivity index (χ0n) is 15.1. The van der Waals surface area contributed by atoms with Gasteiger partial charge in [-0.25, -0.2) is 0 Å². The molecule has 0 bridgehead atoms. The summed E-state index contributed by atoms with van der Waals surface area (Å²) < 4.78 is 0. The van der Waals surface area contributed by atoms with Crippen molar-refractivity contribution in [3.05, 3.63) is 83.7 Å². The molecule has 0 aromatic rings. The normalized spacial score (nSPS) is 14.6. The second kappa shape index (κ2) is 11.2. The summed E-state index contributed by atoms with van der Waals surface area (Å²) in [5, 5.41) is 2.87. The first-order chi connectivity index (χ1) is 10.8. The second-order valence-electron chi connectivity index (χ2n) is 5.51. The first-order valence-electron chi connectivity index (χ1n) is 7.74. The SMILES string of the molecule is C=C/C=C(C)/C(C)=C/C=C(\C)CC(=O)N/C(C=C)=C/C(C)=C\C. The van der Waals surface area contributed by atoms with Crippen molar-refractivity contribution >= 4 is 5.91 Å². The number of allylic oxidation sites excluding steroid dienone is 10. The van der Waals surface area contributed by atoms with Gasteiger partial charge in [0.2, 0.25) is 5.91 Å². The molecule has 0 atom stereocenters. The minimum atomic E-state index is -0.0433. The maximum atomic E-state index is 12.1. The lowest BCUT2D eigenvalue weighted by Crippen LogP contribution is -2.21. The van der Waals surface area contributed by atoms with Crippen LogP contribution in [0, 0.1) is 0 Å². The molecule has 0 radical (unpaired) electrons. The van der Waals surface area contributed by atoms with Crippen molar-refractivity contribution in [2.24, 2.45) is 0 Å². The molecule has 0 unspecified atom stereocenters. The van der Waals surface area contributed by atoms with Crippen LogP contribution in [-0.4, -0.2) is 5.91 Å². The third kappa shape index (κ3) is 9.30. The number of carbonyl (C=O) groups is 1. The standard InChI is InChI=1S/C21H29NO/c1-8-11-18(6)19(7)13-12-17(5)15-21(23)22-20(10-3)14-16(4)9-2/h8-14H,1,3,15H2,2,4-7H3,(H,22,23)/b16-9-,17-12+,18-11+,19-13+,20-14+. The number of rotatable bonds is 8. The van der Waals surface area contributed by atoms with Gasteiger partial charge in [0.05, 0.1) is 0 Å². The largest absolute Gasteiger partial charge is 0.326 e. The zero-order valence-corrected chi connectivity index (χ0v) is 15.1.